The van der Waals surface area contributed by atoms with Gasteiger partial charge in [0, 0.05) is 6.42 Å². The normalized spacial score (nSPS) is 22.3. The van der Waals surface area contributed by atoms with Crippen LogP contribution in [0.1, 0.15) is 104 Å². The van der Waals surface area contributed by atoms with Crippen LogP contribution in [0, 0.1) is 0 Å². The standard InChI is InChI=1S/C24H47N2O/c1-3-5-6-7-8-9-10-11-12-13-14-15-16-17-18-19-24-25-20-21-26(24,4-2)22-23-27/h11-12,20,24,27H,3-10,13-19,21-23H2,1-2H3/q+1/b12-11+. The lowest BCUT2D eigenvalue weighted by atomic mass is 10.1. The third-order valence-electron chi connectivity index (χ3n) is 6.25. The van der Waals surface area contributed by atoms with Gasteiger partial charge in [0.05, 0.1) is 19.4 Å². The number of rotatable bonds is 18. The average molecular weight is 380 g/mol. The molecule has 3 nitrogen and oxygen atoms in total. The molecule has 0 aromatic carbocycles. The highest BCUT2D eigenvalue weighted by atomic mass is 16.3. The van der Waals surface area contributed by atoms with Gasteiger partial charge < -0.3 is 5.11 Å². The minimum Gasteiger partial charge on any atom is -0.391 e. The highest BCUT2D eigenvalue weighted by molar-refractivity contribution is 5.60. The van der Waals surface area contributed by atoms with E-state index in [4.69, 9.17) is 4.99 Å². The van der Waals surface area contributed by atoms with Gasteiger partial charge in [0.15, 0.2) is 6.17 Å². The van der Waals surface area contributed by atoms with Gasteiger partial charge in [-0.2, -0.15) is 0 Å². The Labute approximate surface area is 169 Å². The summed E-state index contributed by atoms with van der Waals surface area (Å²) in [5.74, 6) is 0. The Morgan fingerprint density at radius 3 is 2.07 bits per heavy atom. The van der Waals surface area contributed by atoms with E-state index in [1.54, 1.807) is 0 Å². The van der Waals surface area contributed by atoms with Gasteiger partial charge in [0.2, 0.25) is 0 Å². The third kappa shape index (κ3) is 10.4. The molecule has 3 heteroatoms. The van der Waals surface area contributed by atoms with E-state index in [0.717, 1.165) is 24.1 Å². The predicted octanol–water partition coefficient (Wildman–Crippen LogP) is 6.26. The van der Waals surface area contributed by atoms with Crippen LogP contribution in [0.15, 0.2) is 17.1 Å². The molecule has 2 atom stereocenters. The summed E-state index contributed by atoms with van der Waals surface area (Å²) >= 11 is 0. The molecule has 27 heavy (non-hydrogen) atoms. The maximum Gasteiger partial charge on any atom is 0.182 e. The Bertz CT molecular complexity index is 394. The van der Waals surface area contributed by atoms with Crippen molar-refractivity contribution in [3.8, 4) is 0 Å². The van der Waals surface area contributed by atoms with Gasteiger partial charge >= 0.3 is 0 Å². The summed E-state index contributed by atoms with van der Waals surface area (Å²) in [7, 11) is 0. The molecule has 158 valence electrons. The van der Waals surface area contributed by atoms with E-state index in [1.165, 1.54) is 89.9 Å². The Kier molecular flexibility index (Phi) is 14.7. The summed E-state index contributed by atoms with van der Waals surface area (Å²) in [4.78, 5) is 4.71. The number of aliphatic hydroxyl groups is 1. The summed E-state index contributed by atoms with van der Waals surface area (Å²) in [6.07, 6.45) is 26.1. The van der Waals surface area contributed by atoms with Gasteiger partial charge in [-0.05, 0) is 39.0 Å². The first-order chi connectivity index (χ1) is 13.3. The smallest absolute Gasteiger partial charge is 0.182 e. The number of likely N-dealkylation sites (N-methyl/N-ethyl adjacent to an activating group) is 1. The van der Waals surface area contributed by atoms with Crippen molar-refractivity contribution in [3.05, 3.63) is 12.2 Å². The Balaban J connectivity index is 1.93. The fourth-order valence-electron chi connectivity index (χ4n) is 4.28. The summed E-state index contributed by atoms with van der Waals surface area (Å²) in [5, 5.41) is 9.37. The highest BCUT2D eigenvalue weighted by Gasteiger charge is 2.36. The molecule has 0 aliphatic carbocycles. The number of allylic oxidation sites excluding steroid dienone is 2. The lowest BCUT2D eigenvalue weighted by Gasteiger charge is -2.37. The number of aliphatic imine (C=N–C) groups is 1. The summed E-state index contributed by atoms with van der Waals surface area (Å²) in [5.41, 5.74) is 0. The molecular weight excluding hydrogens is 332 g/mol. The summed E-state index contributed by atoms with van der Waals surface area (Å²) in [6.45, 7) is 7.73. The molecule has 1 aliphatic rings. The zero-order valence-electron chi connectivity index (χ0n) is 18.4. The van der Waals surface area contributed by atoms with Crippen LogP contribution in [-0.2, 0) is 0 Å². The van der Waals surface area contributed by atoms with Crippen LogP contribution >= 0.6 is 0 Å². The number of hydrogen-bond donors (Lipinski definition) is 1. The topological polar surface area (TPSA) is 32.6 Å². The highest BCUT2D eigenvalue weighted by Crippen LogP contribution is 2.24. The number of nitrogens with zero attached hydrogens (tertiary/aromatic N) is 2. The molecule has 0 radical (unpaired) electrons. The lowest BCUT2D eigenvalue weighted by molar-refractivity contribution is -0.936. The van der Waals surface area contributed by atoms with Crippen molar-refractivity contribution in [3.63, 3.8) is 0 Å². The van der Waals surface area contributed by atoms with Crippen molar-refractivity contribution in [2.75, 3.05) is 26.2 Å². The van der Waals surface area contributed by atoms with Crippen molar-refractivity contribution in [2.24, 2.45) is 4.99 Å². The Morgan fingerprint density at radius 2 is 1.48 bits per heavy atom. The quantitative estimate of drug-likeness (QED) is 0.170. The van der Waals surface area contributed by atoms with Crippen molar-refractivity contribution >= 4 is 6.21 Å². The fourth-order valence-corrected chi connectivity index (χ4v) is 4.28. The first kappa shape index (κ1) is 24.4. The molecule has 1 aliphatic heterocycles. The van der Waals surface area contributed by atoms with Crippen molar-refractivity contribution < 1.29 is 9.59 Å². The van der Waals surface area contributed by atoms with Crippen LogP contribution in [-0.4, -0.2) is 48.2 Å². The Hall–Kier alpha value is -0.670. The minimum absolute atomic E-state index is 0.278. The van der Waals surface area contributed by atoms with E-state index in [9.17, 15) is 5.11 Å². The van der Waals surface area contributed by atoms with Crippen LogP contribution in [0.2, 0.25) is 0 Å². The summed E-state index contributed by atoms with van der Waals surface area (Å²) in [6, 6.07) is 0. The molecule has 0 amide bonds. The van der Waals surface area contributed by atoms with Gasteiger partial charge in [0.25, 0.3) is 0 Å². The minimum atomic E-state index is 0.278. The number of quaternary nitrogens is 1. The van der Waals surface area contributed by atoms with E-state index < -0.39 is 0 Å². The van der Waals surface area contributed by atoms with Gasteiger partial charge in [0.1, 0.15) is 13.1 Å². The molecule has 1 heterocycles. The van der Waals surface area contributed by atoms with Crippen molar-refractivity contribution in [1.29, 1.82) is 0 Å². The van der Waals surface area contributed by atoms with Crippen LogP contribution in [0.4, 0.5) is 0 Å². The molecule has 0 bridgehead atoms. The first-order valence-corrected chi connectivity index (χ1v) is 11.9. The zero-order valence-corrected chi connectivity index (χ0v) is 18.4. The van der Waals surface area contributed by atoms with Gasteiger partial charge in [-0.3, -0.25) is 4.48 Å². The molecule has 0 aromatic heterocycles. The predicted molar refractivity (Wildman–Crippen MR) is 119 cm³/mol. The molecule has 0 aromatic rings. The largest absolute Gasteiger partial charge is 0.391 e. The molecular formula is C24H47N2O+. The molecule has 0 saturated carbocycles. The number of hydrogen-bond acceptors (Lipinski definition) is 2. The second-order valence-corrected chi connectivity index (χ2v) is 8.35. The average Bonchev–Trinajstić information content (AvgIpc) is 3.08. The van der Waals surface area contributed by atoms with E-state index in [0.29, 0.717) is 6.17 Å². The maximum absolute atomic E-state index is 9.37. The van der Waals surface area contributed by atoms with Crippen molar-refractivity contribution in [2.45, 2.75) is 110 Å². The SMILES string of the molecule is CCCCCCCC/C=C/CCCCCCCC1N=CC[N+]1(CC)CCO. The van der Waals surface area contributed by atoms with Crippen LogP contribution in [0.3, 0.4) is 0 Å². The molecule has 1 N–H and O–H groups in total. The van der Waals surface area contributed by atoms with E-state index >= 15 is 0 Å². The monoisotopic (exact) mass is 379 g/mol. The van der Waals surface area contributed by atoms with Gasteiger partial charge in [-0.15, -0.1) is 0 Å². The maximum atomic E-state index is 9.37. The first-order valence-electron chi connectivity index (χ1n) is 11.9. The van der Waals surface area contributed by atoms with Crippen LogP contribution < -0.4 is 0 Å². The fraction of sp³-hybridized carbons (Fsp3) is 0.875. The van der Waals surface area contributed by atoms with Gasteiger partial charge in [-0.1, -0.05) is 70.4 Å². The number of unbranched alkanes of at least 4 members (excludes halogenated alkanes) is 11. The summed E-state index contributed by atoms with van der Waals surface area (Å²) < 4.78 is 0.972. The molecule has 0 saturated heterocycles. The van der Waals surface area contributed by atoms with E-state index in [1.807, 2.05) is 0 Å². The molecule has 0 spiro atoms. The second kappa shape index (κ2) is 16.3. The van der Waals surface area contributed by atoms with Gasteiger partial charge in [-0.25, -0.2) is 4.99 Å². The van der Waals surface area contributed by atoms with E-state index in [2.05, 4.69) is 32.2 Å². The lowest BCUT2D eigenvalue weighted by Crippen LogP contribution is -2.53. The number of aliphatic hydroxyl groups excluding tert-OH is 1. The van der Waals surface area contributed by atoms with E-state index in [-0.39, 0.29) is 6.61 Å². The van der Waals surface area contributed by atoms with Crippen LogP contribution in [0.25, 0.3) is 0 Å². The Morgan fingerprint density at radius 1 is 0.889 bits per heavy atom. The third-order valence-corrected chi connectivity index (χ3v) is 6.25. The zero-order chi connectivity index (χ0) is 19.6. The molecule has 1 rings (SSSR count). The molecule has 0 fully saturated rings. The molecule has 2 unspecified atom stereocenters. The van der Waals surface area contributed by atoms with Crippen LogP contribution in [0.5, 0.6) is 0 Å². The van der Waals surface area contributed by atoms with Crippen molar-refractivity contribution in [1.82, 2.24) is 0 Å². The second-order valence-electron chi connectivity index (χ2n) is 8.35.